The smallest absolute Gasteiger partial charge is 0.261 e. The third-order valence-corrected chi connectivity index (χ3v) is 22.3. The molecule has 0 heterocycles. The molecule has 59 heavy (non-hydrogen) atoms. The lowest BCUT2D eigenvalue weighted by Crippen LogP contribution is -2.66. The molecule has 0 radical (unpaired) electrons. The summed E-state index contributed by atoms with van der Waals surface area (Å²) in [7, 11) is -4.86. The highest BCUT2D eigenvalue weighted by Crippen LogP contribution is 2.38. The molecule has 0 saturated carbocycles. The van der Waals surface area contributed by atoms with Gasteiger partial charge in [-0.25, -0.2) is 0 Å². The molecule has 0 aromatic heterocycles. The minimum Gasteiger partial charge on any atom is -0.407 e. The normalized spacial score (nSPS) is 12.8. The molecule has 4 aromatic carbocycles. The number of rotatable bonds is 28. The molecule has 0 saturated heterocycles. The summed E-state index contributed by atoms with van der Waals surface area (Å²) in [6, 6.07) is 43.9. The van der Waals surface area contributed by atoms with E-state index in [-0.39, 0.29) is 10.1 Å². The molecule has 0 spiro atoms. The predicted octanol–water partition coefficient (Wildman–Crippen LogP) is 12.9. The fourth-order valence-electron chi connectivity index (χ4n) is 9.09. The number of aldehydes is 1. The summed E-state index contributed by atoms with van der Waals surface area (Å²) in [4.78, 5) is 11.8. The van der Waals surface area contributed by atoms with Gasteiger partial charge in [-0.2, -0.15) is 0 Å². The van der Waals surface area contributed by atoms with Crippen LogP contribution in [0.15, 0.2) is 133 Å². The second-order valence-corrected chi connectivity index (χ2v) is 27.4. The molecule has 0 unspecified atom stereocenters. The zero-order valence-corrected chi connectivity index (χ0v) is 39.9. The monoisotopic (exact) mass is 831 g/mol. The maximum Gasteiger partial charge on any atom is 0.261 e. The van der Waals surface area contributed by atoms with Gasteiger partial charge in [0.2, 0.25) is 0 Å². The number of hydrogen-bond donors (Lipinski definition) is 0. The second kappa shape index (κ2) is 25.4. The van der Waals surface area contributed by atoms with Crippen molar-refractivity contribution >= 4 is 43.7 Å². The average Bonchev–Trinajstić information content (AvgIpc) is 3.24. The van der Waals surface area contributed by atoms with Crippen molar-refractivity contribution in [2.75, 3.05) is 13.2 Å². The first kappa shape index (κ1) is 48.3. The van der Waals surface area contributed by atoms with Crippen molar-refractivity contribution in [1.82, 2.24) is 0 Å². The summed E-state index contributed by atoms with van der Waals surface area (Å²) in [5, 5.41) is 5.49. The lowest BCUT2D eigenvalue weighted by Gasteiger charge is -2.43. The lowest BCUT2D eigenvalue weighted by atomic mass is 10.0. The Balaban J connectivity index is 1.03. The first-order valence-corrected chi connectivity index (χ1v) is 27.0. The van der Waals surface area contributed by atoms with Crippen molar-refractivity contribution in [3.63, 3.8) is 0 Å². The van der Waals surface area contributed by atoms with Gasteiger partial charge in [0, 0.05) is 13.2 Å². The summed E-state index contributed by atoms with van der Waals surface area (Å²) < 4.78 is 14.1. The van der Waals surface area contributed by atoms with Gasteiger partial charge in [-0.05, 0) is 74.9 Å². The molecular weight excluding hydrogens is 753 g/mol. The van der Waals surface area contributed by atoms with E-state index < -0.39 is 16.6 Å². The van der Waals surface area contributed by atoms with Crippen LogP contribution in [0.4, 0.5) is 0 Å². The van der Waals surface area contributed by atoms with Crippen LogP contribution in [-0.4, -0.2) is 36.1 Å². The molecule has 0 aliphatic heterocycles. The van der Waals surface area contributed by atoms with Gasteiger partial charge in [-0.3, -0.25) is 4.79 Å². The molecule has 0 aliphatic carbocycles. The van der Waals surface area contributed by atoms with Gasteiger partial charge in [0.25, 0.3) is 16.6 Å². The molecule has 0 bridgehead atoms. The Morgan fingerprint density at radius 2 is 0.712 bits per heavy atom. The fourth-order valence-corrected chi connectivity index (χ4v) is 18.3. The highest BCUT2D eigenvalue weighted by atomic mass is 28.4. The van der Waals surface area contributed by atoms with Crippen LogP contribution in [0, 0.1) is 0 Å². The van der Waals surface area contributed by atoms with Crippen LogP contribution < -0.4 is 20.7 Å². The lowest BCUT2D eigenvalue weighted by molar-refractivity contribution is -0.105. The molecule has 0 amide bonds. The zero-order valence-electron chi connectivity index (χ0n) is 37.9. The highest BCUT2D eigenvalue weighted by molar-refractivity contribution is 7.00. The Morgan fingerprint density at radius 3 is 1.02 bits per heavy atom. The number of carbonyl (C=O) groups is 1. The quantitative estimate of drug-likeness (QED) is 0.0248. The van der Waals surface area contributed by atoms with Crippen LogP contribution in [0.5, 0.6) is 0 Å². The average molecular weight is 831 g/mol. The molecule has 0 atom stereocenters. The maximum absolute atomic E-state index is 11.8. The summed E-state index contributed by atoms with van der Waals surface area (Å²) >= 11 is 0. The summed E-state index contributed by atoms with van der Waals surface area (Å²) in [6.45, 7) is 15.7. The molecule has 0 aliphatic rings. The Hall–Kier alpha value is -3.36. The van der Waals surface area contributed by atoms with Crippen LogP contribution in [0.25, 0.3) is 0 Å². The van der Waals surface area contributed by atoms with E-state index in [4.69, 9.17) is 8.85 Å². The largest absolute Gasteiger partial charge is 0.407 e. The van der Waals surface area contributed by atoms with Crippen molar-refractivity contribution < 1.29 is 13.6 Å². The topological polar surface area (TPSA) is 35.5 Å². The third kappa shape index (κ3) is 14.4. The van der Waals surface area contributed by atoms with Crippen LogP contribution in [0.3, 0.4) is 0 Å². The first-order valence-electron chi connectivity index (χ1n) is 23.2. The number of carbonyl (C=O) groups excluding carboxylic acids is 1. The van der Waals surface area contributed by atoms with Crippen molar-refractivity contribution in [2.24, 2.45) is 0 Å². The standard InChI is InChI=1S/C54H78O3Si2/c1-53(2,3)58(49-37-25-19-26-38-49,50-39-27-20-28-40-50)56-45-33-17-13-9-7-8-11-15-23-35-48(47-55)36-24-16-12-10-14-18-34-46-57-59(54(4,5)6,51-41-29-21-30-42-51)52-43-31-22-32-44-52/h19-22,25-32,35,37-44,47H,7-18,23-24,33-34,36,45-46H2,1-6H3/b48-35-. The second-order valence-electron chi connectivity index (χ2n) is 18.8. The van der Waals surface area contributed by atoms with Gasteiger partial charge < -0.3 is 8.85 Å². The van der Waals surface area contributed by atoms with Gasteiger partial charge in [0.05, 0.1) is 0 Å². The van der Waals surface area contributed by atoms with Crippen molar-refractivity contribution in [3.05, 3.63) is 133 Å². The van der Waals surface area contributed by atoms with E-state index in [0.717, 1.165) is 57.2 Å². The Labute approximate surface area is 362 Å². The van der Waals surface area contributed by atoms with Gasteiger partial charge in [-0.15, -0.1) is 0 Å². The van der Waals surface area contributed by atoms with Gasteiger partial charge in [0.1, 0.15) is 6.29 Å². The zero-order chi connectivity index (χ0) is 42.3. The number of benzene rings is 4. The number of allylic oxidation sites excluding steroid dienone is 2. The molecule has 0 fully saturated rings. The molecule has 4 rings (SSSR count). The molecule has 320 valence electrons. The Kier molecular flexibility index (Phi) is 20.8. The molecular formula is C54H78O3Si2. The van der Waals surface area contributed by atoms with E-state index >= 15 is 0 Å². The van der Waals surface area contributed by atoms with E-state index in [1.165, 1.54) is 97.8 Å². The van der Waals surface area contributed by atoms with Crippen molar-refractivity contribution in [3.8, 4) is 0 Å². The van der Waals surface area contributed by atoms with Gasteiger partial charge in [-0.1, -0.05) is 240 Å². The van der Waals surface area contributed by atoms with E-state index in [2.05, 4.69) is 169 Å². The molecule has 4 aromatic rings. The minimum atomic E-state index is -2.44. The van der Waals surface area contributed by atoms with Crippen LogP contribution in [0.1, 0.15) is 151 Å². The minimum absolute atomic E-state index is 0.0251. The Bertz CT molecular complexity index is 1650. The predicted molar refractivity (Wildman–Crippen MR) is 260 cm³/mol. The van der Waals surface area contributed by atoms with Crippen LogP contribution in [0.2, 0.25) is 10.1 Å². The van der Waals surface area contributed by atoms with E-state index in [1.807, 2.05) is 0 Å². The molecule has 0 N–H and O–H groups in total. The van der Waals surface area contributed by atoms with E-state index in [1.54, 1.807) is 0 Å². The van der Waals surface area contributed by atoms with Gasteiger partial charge in [0.15, 0.2) is 0 Å². The van der Waals surface area contributed by atoms with Crippen molar-refractivity contribution in [2.45, 2.75) is 161 Å². The first-order chi connectivity index (χ1) is 28.6. The summed E-state index contributed by atoms with van der Waals surface area (Å²) in [6.07, 6.45) is 23.6. The number of unbranched alkanes of at least 4 members (excludes halogenated alkanes) is 14. The molecule has 5 heteroatoms. The van der Waals surface area contributed by atoms with E-state index in [0.29, 0.717) is 0 Å². The molecule has 3 nitrogen and oxygen atoms in total. The van der Waals surface area contributed by atoms with Crippen LogP contribution >= 0.6 is 0 Å². The maximum atomic E-state index is 11.8. The SMILES string of the molecule is CC(C)(C)[Si](OCCCCCCCCCC/C=C(\C=O)CCCCCCCCCO[Si](c1ccccc1)(c1ccccc1)C(C)(C)C)(c1ccccc1)c1ccccc1. The Morgan fingerprint density at radius 1 is 0.424 bits per heavy atom. The van der Waals surface area contributed by atoms with E-state index in [9.17, 15) is 4.79 Å². The van der Waals surface area contributed by atoms with Gasteiger partial charge >= 0.3 is 0 Å². The van der Waals surface area contributed by atoms with Crippen LogP contribution in [-0.2, 0) is 13.6 Å². The summed E-state index contributed by atoms with van der Waals surface area (Å²) in [5.74, 6) is 0. The van der Waals surface area contributed by atoms with Crippen molar-refractivity contribution in [1.29, 1.82) is 0 Å². The fraction of sp³-hybridized carbons (Fsp3) is 0.500. The third-order valence-electron chi connectivity index (χ3n) is 12.2. The number of hydrogen-bond acceptors (Lipinski definition) is 3. The highest BCUT2D eigenvalue weighted by Gasteiger charge is 2.51. The summed E-state index contributed by atoms with van der Waals surface area (Å²) in [5.41, 5.74) is 1.01.